The lowest BCUT2D eigenvalue weighted by Gasteiger charge is -2.52. The minimum Gasteiger partial charge on any atom is -0.455 e. The van der Waals surface area contributed by atoms with Gasteiger partial charge in [0, 0.05) is 35.4 Å². The Morgan fingerprint density at radius 1 is 1.06 bits per heavy atom. The third kappa shape index (κ3) is 4.47. The molecular formula is C29H36N3O2S+. The van der Waals surface area contributed by atoms with Crippen molar-refractivity contribution in [2.24, 2.45) is 5.92 Å². The molecular weight excluding hydrogens is 454 g/mol. The molecule has 0 spiro atoms. The molecule has 3 aromatic rings. The first-order valence-electron chi connectivity index (χ1n) is 13.4. The minimum absolute atomic E-state index is 0.0364. The fraction of sp³-hybridized carbons (Fsp3) is 0.517. The van der Waals surface area contributed by atoms with Crippen LogP contribution in [0.5, 0.6) is 0 Å². The maximum Gasteiger partial charge on any atom is 0.317 e. The number of hydrogen-bond acceptors (Lipinski definition) is 4. The van der Waals surface area contributed by atoms with Crippen molar-refractivity contribution < 1.29 is 14.0 Å². The van der Waals surface area contributed by atoms with E-state index in [9.17, 15) is 4.79 Å². The second-order valence-corrected chi connectivity index (χ2v) is 12.0. The first-order chi connectivity index (χ1) is 17.2. The normalized spacial score (nSPS) is 27.9. The average molecular weight is 491 g/mol. The molecule has 7 rings (SSSR count). The smallest absolute Gasteiger partial charge is 0.317 e. The predicted molar refractivity (Wildman–Crippen MR) is 138 cm³/mol. The first-order valence-corrected chi connectivity index (χ1v) is 14.2. The number of piperidine rings is 3. The Bertz CT molecular complexity index is 1120. The number of rotatable bonds is 6. The van der Waals surface area contributed by atoms with Gasteiger partial charge in [-0.05, 0) is 36.4 Å². The van der Waals surface area contributed by atoms with E-state index in [1.54, 1.807) is 11.3 Å². The predicted octanol–water partition coefficient (Wildman–Crippen LogP) is 5.88. The molecule has 0 N–H and O–H groups in total. The van der Waals surface area contributed by atoms with Gasteiger partial charge in [-0.3, -0.25) is 4.79 Å². The van der Waals surface area contributed by atoms with Crippen LogP contribution in [-0.2, 0) is 21.5 Å². The number of quaternary nitrogens is 1. The molecule has 4 aliphatic rings. The van der Waals surface area contributed by atoms with Crippen LogP contribution in [-0.4, -0.2) is 46.0 Å². The molecule has 6 heteroatoms. The van der Waals surface area contributed by atoms with E-state index in [1.807, 2.05) is 29.1 Å². The molecule has 0 radical (unpaired) electrons. The van der Waals surface area contributed by atoms with Crippen molar-refractivity contribution in [3.05, 3.63) is 70.7 Å². The highest BCUT2D eigenvalue weighted by Crippen LogP contribution is 2.44. The highest BCUT2D eigenvalue weighted by molar-refractivity contribution is 7.10. The Kier molecular flexibility index (Phi) is 6.27. The van der Waals surface area contributed by atoms with Crippen molar-refractivity contribution in [1.82, 2.24) is 9.78 Å². The molecule has 0 amide bonds. The lowest BCUT2D eigenvalue weighted by atomic mass is 9.78. The van der Waals surface area contributed by atoms with Gasteiger partial charge in [-0.1, -0.05) is 49.9 Å². The van der Waals surface area contributed by atoms with Gasteiger partial charge in [-0.2, -0.15) is 5.10 Å². The molecule has 2 aromatic heterocycles. The van der Waals surface area contributed by atoms with Crippen molar-refractivity contribution in [3.8, 4) is 5.69 Å². The molecule has 1 aliphatic carbocycles. The summed E-state index contributed by atoms with van der Waals surface area (Å²) in [5, 5.41) is 6.74. The number of carbonyl (C=O) groups excluding carboxylic acids is 1. The zero-order valence-corrected chi connectivity index (χ0v) is 21.3. The van der Waals surface area contributed by atoms with E-state index in [-0.39, 0.29) is 12.1 Å². The second-order valence-electron chi connectivity index (χ2n) is 11.0. The summed E-state index contributed by atoms with van der Waals surface area (Å²) in [4.78, 5) is 15.1. The van der Waals surface area contributed by atoms with Gasteiger partial charge < -0.3 is 9.22 Å². The van der Waals surface area contributed by atoms with E-state index in [0.717, 1.165) is 61.8 Å². The van der Waals surface area contributed by atoms with Gasteiger partial charge in [-0.25, -0.2) is 4.68 Å². The lowest BCUT2D eigenvalue weighted by molar-refractivity contribution is -0.958. The average Bonchev–Trinajstić information content (AvgIpc) is 3.53. The zero-order chi connectivity index (χ0) is 23.7. The van der Waals surface area contributed by atoms with Crippen LogP contribution in [0.15, 0.2) is 60.2 Å². The standard InChI is InChI=1S/C29H36N3O2S/c33-28(29(27-11-8-18-35-27)14-6-1-2-7-15-29)34-26-22-32(16-12-24(26)13-17-32)21-23-19-30-31(20-23)25-9-4-3-5-10-25/h3-5,8-11,18-20,24,26H,1-2,6-7,12-17,21-22H2/q+1/t24?,26-,32?/m0/s1. The molecule has 0 unspecified atom stereocenters. The van der Waals surface area contributed by atoms with Crippen molar-refractivity contribution in [1.29, 1.82) is 0 Å². The number of benzene rings is 1. The molecule has 1 aromatic carbocycles. The van der Waals surface area contributed by atoms with Crippen LogP contribution >= 0.6 is 11.3 Å². The maximum atomic E-state index is 13.9. The van der Waals surface area contributed by atoms with E-state index in [1.165, 1.54) is 36.4 Å². The number of esters is 1. The van der Waals surface area contributed by atoms with Gasteiger partial charge in [0.1, 0.15) is 18.5 Å². The number of ether oxygens (including phenoxy) is 1. The van der Waals surface area contributed by atoms with Crippen molar-refractivity contribution >= 4 is 17.3 Å². The quantitative estimate of drug-likeness (QED) is 0.246. The maximum absolute atomic E-state index is 13.9. The molecule has 1 atom stereocenters. The summed E-state index contributed by atoms with van der Waals surface area (Å²) in [6.45, 7) is 4.24. The number of aromatic nitrogens is 2. The van der Waals surface area contributed by atoms with Gasteiger partial charge in [0.15, 0.2) is 6.10 Å². The highest BCUT2D eigenvalue weighted by Gasteiger charge is 2.50. The number of thiophene rings is 1. The summed E-state index contributed by atoms with van der Waals surface area (Å²) < 4.78 is 9.50. The molecule has 2 bridgehead atoms. The minimum atomic E-state index is -0.432. The molecule has 4 fully saturated rings. The third-order valence-corrected chi connectivity index (χ3v) is 9.89. The molecule has 5 heterocycles. The molecule has 3 aliphatic heterocycles. The summed E-state index contributed by atoms with van der Waals surface area (Å²) in [5.41, 5.74) is 1.92. The van der Waals surface area contributed by atoms with Gasteiger partial charge >= 0.3 is 5.97 Å². The number of hydrogen-bond donors (Lipinski definition) is 0. The summed E-state index contributed by atoms with van der Waals surface area (Å²) in [5.74, 6) is 0.563. The van der Waals surface area contributed by atoms with Crippen molar-refractivity contribution in [3.63, 3.8) is 0 Å². The fourth-order valence-corrected chi connectivity index (χ4v) is 7.79. The van der Waals surface area contributed by atoms with Gasteiger partial charge in [-0.15, -0.1) is 11.3 Å². The highest BCUT2D eigenvalue weighted by atomic mass is 32.1. The van der Waals surface area contributed by atoms with Crippen LogP contribution in [0.4, 0.5) is 0 Å². The van der Waals surface area contributed by atoms with E-state index in [2.05, 4.69) is 40.9 Å². The van der Waals surface area contributed by atoms with Crippen LogP contribution in [0.2, 0.25) is 0 Å². The number of carbonyl (C=O) groups is 1. The number of para-hydroxylation sites is 1. The molecule has 1 saturated carbocycles. The molecule has 184 valence electrons. The van der Waals surface area contributed by atoms with E-state index >= 15 is 0 Å². The Labute approximate surface area is 212 Å². The fourth-order valence-electron chi connectivity index (χ4n) is 6.81. The summed E-state index contributed by atoms with van der Waals surface area (Å²) in [6.07, 6.45) is 13.1. The van der Waals surface area contributed by atoms with Gasteiger partial charge in [0.2, 0.25) is 0 Å². The topological polar surface area (TPSA) is 44.1 Å². The Morgan fingerprint density at radius 3 is 2.54 bits per heavy atom. The van der Waals surface area contributed by atoms with E-state index in [4.69, 9.17) is 4.74 Å². The SMILES string of the molecule is O=C(O[C@H]1C[N+]2(Cc3cnn(-c4ccccc4)c3)CCC1CC2)C1(c2cccs2)CCCCCC1. The van der Waals surface area contributed by atoms with Crippen LogP contribution < -0.4 is 0 Å². The number of fused-ring (bicyclic) bond motifs is 3. The summed E-state index contributed by atoms with van der Waals surface area (Å²) >= 11 is 1.73. The molecule has 35 heavy (non-hydrogen) atoms. The van der Waals surface area contributed by atoms with Gasteiger partial charge in [0.05, 0.1) is 25.0 Å². The molecule has 3 saturated heterocycles. The zero-order valence-electron chi connectivity index (χ0n) is 20.5. The van der Waals surface area contributed by atoms with Crippen LogP contribution in [0.3, 0.4) is 0 Å². The third-order valence-electron chi connectivity index (χ3n) is 8.82. The monoisotopic (exact) mass is 490 g/mol. The van der Waals surface area contributed by atoms with Gasteiger partial charge in [0.25, 0.3) is 0 Å². The van der Waals surface area contributed by atoms with E-state index < -0.39 is 5.41 Å². The van der Waals surface area contributed by atoms with E-state index in [0.29, 0.717) is 5.92 Å². The summed E-state index contributed by atoms with van der Waals surface area (Å²) in [6, 6.07) is 14.5. The Hall–Kier alpha value is -2.44. The van der Waals surface area contributed by atoms with Crippen molar-refractivity contribution in [2.45, 2.75) is 69.4 Å². The Morgan fingerprint density at radius 2 is 1.83 bits per heavy atom. The lowest BCUT2D eigenvalue weighted by Crippen LogP contribution is -2.64. The first kappa shape index (κ1) is 23.0. The van der Waals surface area contributed by atoms with Crippen molar-refractivity contribution in [2.75, 3.05) is 19.6 Å². The van der Waals surface area contributed by atoms with Crippen LogP contribution in [0.1, 0.15) is 61.8 Å². The Balaban J connectivity index is 1.19. The largest absolute Gasteiger partial charge is 0.455 e. The summed E-state index contributed by atoms with van der Waals surface area (Å²) in [7, 11) is 0. The molecule has 5 nitrogen and oxygen atoms in total. The number of nitrogens with zero attached hydrogens (tertiary/aromatic N) is 3. The van der Waals surface area contributed by atoms with Crippen LogP contribution in [0, 0.1) is 5.92 Å². The van der Waals surface area contributed by atoms with Crippen LogP contribution in [0.25, 0.3) is 5.69 Å². The second kappa shape index (κ2) is 9.55.